The van der Waals surface area contributed by atoms with Gasteiger partial charge in [0.2, 0.25) is 0 Å². The van der Waals surface area contributed by atoms with Gasteiger partial charge in [-0.1, -0.05) is 94.2 Å². The highest BCUT2D eigenvalue weighted by Gasteiger charge is 2.45. The predicted octanol–water partition coefficient (Wildman–Crippen LogP) is 12.4. The first-order valence-electron chi connectivity index (χ1n) is 41.3. The topological polar surface area (TPSA) is 270 Å². The van der Waals surface area contributed by atoms with Crippen molar-refractivity contribution in [1.29, 1.82) is 0 Å². The van der Waals surface area contributed by atoms with Crippen LogP contribution in [-0.2, 0) is 31.0 Å². The number of urea groups is 2. The summed E-state index contributed by atoms with van der Waals surface area (Å²) in [5.41, 5.74) is 2.41. The molecule has 3 aliphatic heterocycles. The van der Waals surface area contributed by atoms with Crippen molar-refractivity contribution in [3.8, 4) is 0 Å². The molecule has 0 bridgehead atoms. The van der Waals surface area contributed by atoms with Crippen molar-refractivity contribution in [2.75, 3.05) is 135 Å². The number of hydrogen-bond acceptors (Lipinski definition) is 16. The summed E-state index contributed by atoms with van der Waals surface area (Å²) in [6, 6.07) is 18.9. The van der Waals surface area contributed by atoms with Gasteiger partial charge in [0.05, 0.1) is 33.6 Å². The zero-order chi connectivity index (χ0) is 78.6. The lowest BCUT2D eigenvalue weighted by Crippen LogP contribution is -2.53. The van der Waals surface area contributed by atoms with Gasteiger partial charge in [0.1, 0.15) is 17.5 Å². The number of aliphatic hydroxyl groups is 6. The third-order valence-corrected chi connectivity index (χ3v) is 24.5. The summed E-state index contributed by atoms with van der Waals surface area (Å²) in [5, 5.41) is 80.2. The van der Waals surface area contributed by atoms with E-state index >= 15 is 0 Å². The van der Waals surface area contributed by atoms with E-state index in [1.54, 1.807) is 61.5 Å². The highest BCUT2D eigenvalue weighted by Crippen LogP contribution is 2.44. The minimum absolute atomic E-state index is 0. The number of benzene rings is 3. The largest absolute Gasteiger partial charge is 0.390 e. The minimum Gasteiger partial charge on any atom is -0.390 e. The van der Waals surface area contributed by atoms with Crippen LogP contribution in [-0.4, -0.2) is 233 Å². The molecule has 0 spiro atoms. The van der Waals surface area contributed by atoms with Crippen molar-refractivity contribution in [3.05, 3.63) is 107 Å². The molecule has 20 nitrogen and oxygen atoms in total. The SMILES string of the molecule is CN(C)C(CN)CC1(O)CCCCC1.CNC(CNC(=O)N1CCC[C@@H]([C@@](O)(CCCCOC)c2cccc(F)c2)C1)CC1(O)CCCCC1.COCCCC[C@@](O)(c1cccc(F)c1)[C@@H]1CCCN(C(=O)NCC(CC2(O)CCCCC2)N(C)C)C1.COCCCC[C@@](O)(c1cccc(F)c1)[C@@H]1CCCNC1.Cl. The summed E-state index contributed by atoms with van der Waals surface area (Å²) in [6.07, 6.45) is 29.1. The molecule has 9 atom stereocenters. The second-order valence-corrected chi connectivity index (χ2v) is 33.1. The van der Waals surface area contributed by atoms with Gasteiger partial charge in [-0.2, -0.15) is 0 Å². The van der Waals surface area contributed by atoms with E-state index in [-0.39, 0.29) is 71.8 Å². The first kappa shape index (κ1) is 95.3. The molecule has 12 N–H and O–H groups in total. The number of unbranched alkanes of at least 4 members (excludes halogenated alkanes) is 3. The third kappa shape index (κ3) is 31.1. The Kier molecular flexibility index (Phi) is 42.7. The van der Waals surface area contributed by atoms with E-state index in [0.717, 1.165) is 161 Å². The Bertz CT molecular complexity index is 3000. The Morgan fingerprint density at radius 1 is 0.532 bits per heavy atom. The van der Waals surface area contributed by atoms with Crippen molar-refractivity contribution in [3.63, 3.8) is 0 Å². The van der Waals surface area contributed by atoms with Gasteiger partial charge in [-0.15, -0.1) is 12.4 Å². The summed E-state index contributed by atoms with van der Waals surface area (Å²) < 4.78 is 57.2. The average molecular weight is 1560 g/mol. The molecule has 3 aromatic rings. The lowest BCUT2D eigenvalue weighted by Gasteiger charge is -2.43. The van der Waals surface area contributed by atoms with Crippen molar-refractivity contribution >= 4 is 24.5 Å². The highest BCUT2D eigenvalue weighted by atomic mass is 35.5. The molecule has 109 heavy (non-hydrogen) atoms. The Morgan fingerprint density at radius 2 is 0.890 bits per heavy atom. The van der Waals surface area contributed by atoms with Crippen LogP contribution in [0.25, 0.3) is 0 Å². The second kappa shape index (κ2) is 48.8. The molecular formula is C85H145ClF3N9O11. The number of nitrogens with one attached hydrogen (secondary N) is 4. The number of carbonyl (C=O) groups excluding carboxylic acids is 2. The van der Waals surface area contributed by atoms with Crippen molar-refractivity contribution in [2.45, 2.75) is 264 Å². The van der Waals surface area contributed by atoms with Gasteiger partial charge in [-0.05, 0) is 249 Å². The molecule has 24 heteroatoms. The van der Waals surface area contributed by atoms with Crippen LogP contribution in [0.5, 0.6) is 0 Å². The molecule has 3 unspecified atom stereocenters. The number of amides is 4. The zero-order valence-corrected chi connectivity index (χ0v) is 68.7. The molecule has 3 heterocycles. The van der Waals surface area contributed by atoms with Gasteiger partial charge in [-0.25, -0.2) is 22.8 Å². The molecule has 9 rings (SSSR count). The molecule has 3 aliphatic carbocycles. The first-order valence-corrected chi connectivity index (χ1v) is 41.3. The number of methoxy groups -OCH3 is 3. The quantitative estimate of drug-likeness (QED) is 0.0244. The molecule has 6 aliphatic rings. The summed E-state index contributed by atoms with van der Waals surface area (Å²) in [7, 11) is 14.9. The number of carbonyl (C=O) groups is 2. The molecule has 3 saturated carbocycles. The van der Waals surface area contributed by atoms with Gasteiger partial charge in [0, 0.05) is 129 Å². The molecule has 624 valence electrons. The fourth-order valence-electron chi connectivity index (χ4n) is 17.7. The van der Waals surface area contributed by atoms with Crippen LogP contribution in [0.1, 0.15) is 229 Å². The lowest BCUT2D eigenvalue weighted by molar-refractivity contribution is -0.0569. The van der Waals surface area contributed by atoms with Gasteiger partial charge in [0.25, 0.3) is 0 Å². The van der Waals surface area contributed by atoms with E-state index in [1.807, 2.05) is 41.3 Å². The Morgan fingerprint density at radius 3 is 1.23 bits per heavy atom. The van der Waals surface area contributed by atoms with Crippen LogP contribution in [0, 0.1) is 35.2 Å². The average Bonchev–Trinajstić information content (AvgIpc) is 0.788. The molecule has 3 saturated heterocycles. The maximum Gasteiger partial charge on any atom is 0.317 e. The maximum atomic E-state index is 14.1. The van der Waals surface area contributed by atoms with Crippen molar-refractivity contribution < 1.29 is 67.6 Å². The van der Waals surface area contributed by atoms with E-state index in [2.05, 4.69) is 31.1 Å². The van der Waals surface area contributed by atoms with Crippen LogP contribution >= 0.6 is 12.4 Å². The third-order valence-electron chi connectivity index (χ3n) is 24.5. The fraction of sp³-hybridized carbons (Fsp3) is 0.765. The van der Waals surface area contributed by atoms with Crippen LogP contribution in [0.3, 0.4) is 0 Å². The van der Waals surface area contributed by atoms with Crippen LogP contribution < -0.4 is 27.0 Å². The Balaban J connectivity index is 0.000000275. The summed E-state index contributed by atoms with van der Waals surface area (Å²) >= 11 is 0. The summed E-state index contributed by atoms with van der Waals surface area (Å²) in [5.74, 6) is -1.27. The molecule has 6 fully saturated rings. The van der Waals surface area contributed by atoms with Crippen molar-refractivity contribution in [1.82, 2.24) is 40.9 Å². The van der Waals surface area contributed by atoms with E-state index < -0.39 is 33.6 Å². The Labute approximate surface area is 659 Å². The van der Waals surface area contributed by atoms with Crippen LogP contribution in [0.4, 0.5) is 22.8 Å². The summed E-state index contributed by atoms with van der Waals surface area (Å²) in [6.45, 7) is 7.32. The van der Waals surface area contributed by atoms with E-state index in [1.165, 1.54) is 68.5 Å². The van der Waals surface area contributed by atoms with E-state index in [0.29, 0.717) is 120 Å². The number of piperidine rings is 3. The highest BCUT2D eigenvalue weighted by molar-refractivity contribution is 5.85. The van der Waals surface area contributed by atoms with Gasteiger partial charge >= 0.3 is 12.1 Å². The van der Waals surface area contributed by atoms with Crippen molar-refractivity contribution in [2.24, 2.45) is 23.5 Å². The molecule has 4 amide bonds. The number of nitrogens with two attached hydrogens (primary N) is 1. The molecule has 0 radical (unpaired) electrons. The number of likely N-dealkylation sites (N-methyl/N-ethyl adjacent to an activating group) is 3. The van der Waals surface area contributed by atoms with Gasteiger partial charge < -0.3 is 91.5 Å². The number of rotatable bonds is 35. The number of ether oxygens (including phenoxy) is 3. The maximum absolute atomic E-state index is 14.1. The number of likely N-dealkylation sites (tertiary alicyclic amines) is 2. The number of nitrogens with zero attached hydrogens (tertiary/aromatic N) is 4. The number of hydrogen-bond donors (Lipinski definition) is 11. The fourth-order valence-corrected chi connectivity index (χ4v) is 17.7. The van der Waals surface area contributed by atoms with Crippen LogP contribution in [0.2, 0.25) is 0 Å². The van der Waals surface area contributed by atoms with Crippen LogP contribution in [0.15, 0.2) is 72.8 Å². The smallest absolute Gasteiger partial charge is 0.317 e. The zero-order valence-electron chi connectivity index (χ0n) is 67.8. The van der Waals surface area contributed by atoms with Gasteiger partial charge in [-0.3, -0.25) is 0 Å². The molecule has 0 aromatic heterocycles. The second-order valence-electron chi connectivity index (χ2n) is 33.1. The lowest BCUT2D eigenvalue weighted by atomic mass is 9.74. The molecular weight excluding hydrogens is 1420 g/mol. The normalized spacial score (nSPS) is 22.4. The number of halogens is 4. The minimum atomic E-state index is -1.22. The Hall–Kier alpha value is -4.28. The monoisotopic (exact) mass is 1560 g/mol. The first-order chi connectivity index (χ1) is 51.7. The van der Waals surface area contributed by atoms with E-state index in [4.69, 9.17) is 19.9 Å². The summed E-state index contributed by atoms with van der Waals surface area (Å²) in [4.78, 5) is 34.1. The van der Waals surface area contributed by atoms with E-state index in [9.17, 15) is 53.4 Å². The van der Waals surface area contributed by atoms with Gasteiger partial charge in [0.15, 0.2) is 0 Å². The predicted molar refractivity (Wildman–Crippen MR) is 431 cm³/mol. The standard InChI is InChI=1S/C29H48FN3O4.C28H46FN3O4.C17H26FNO2.C11H24N2O.ClH/c1-32(2)26(20-28(35)14-5-4-6-15-28)21-31-27(34)33-17-10-12-24(22-33)29(36,16-7-8-18-37-3)23-11-9-13-25(30)19-23;1-30-25(19-27(34)13-4-3-5-14-27)20-31-26(33)32-16-9-11-23(21-32)28(35,15-6-7-17-36-2)22-10-8-12-24(29)18-22;1-21-11-3-2-9-17(20,15-7-5-10-19-13-15)14-6-4-8-16(18)12-14;1-13(2)10(9-12)8-11(14)6-4-3-5-7-11;/h9,11,13,19,24,26,35-36H,4-8,10,12,14-18,20-22H2,1-3H3,(H,31,34);8,10,12,18,23,25,30,34-35H,3-7,9,11,13-17,19-21H2,1-2H3,(H,31,33);4,6,8,12,15,19-20H,2-3,5,7,9-11,13H2,1H3;10,14H,3-9,12H2,1-2H3;1H/t24-,26?,29-;23-,25?,28-;15-,17-;;/m111../s1. The molecule has 3 aromatic carbocycles.